The van der Waals surface area contributed by atoms with Crippen LogP contribution in [0.4, 0.5) is 11.5 Å². The number of anilines is 2. The summed E-state index contributed by atoms with van der Waals surface area (Å²) in [5.74, 6) is 0.296. The smallest absolute Gasteiger partial charge is 0.242 e. The Kier molecular flexibility index (Phi) is 4.34. The first-order valence-corrected chi connectivity index (χ1v) is 9.46. The van der Waals surface area contributed by atoms with Crippen LogP contribution in [0.3, 0.4) is 0 Å². The van der Waals surface area contributed by atoms with Crippen LogP contribution in [-0.2, 0) is 4.79 Å². The SMILES string of the molecule is Cc1nn(-c2ccc(Cl)c(Cl)c2)c(N)c1[C@H]1Sc2ccccc2NC1=O. The molecule has 3 N–H and O–H groups in total. The van der Waals surface area contributed by atoms with Crippen LogP contribution in [0.15, 0.2) is 47.4 Å². The van der Waals surface area contributed by atoms with Crippen LogP contribution >= 0.6 is 35.0 Å². The number of aromatic nitrogens is 2. The monoisotopic (exact) mass is 404 g/mol. The number of nitrogens with one attached hydrogen (secondary N) is 1. The van der Waals surface area contributed by atoms with E-state index < -0.39 is 5.25 Å². The van der Waals surface area contributed by atoms with Crippen molar-refractivity contribution in [2.45, 2.75) is 17.1 Å². The third-order valence-corrected chi connectivity index (χ3v) is 6.22. The summed E-state index contributed by atoms with van der Waals surface area (Å²) >= 11 is 13.6. The van der Waals surface area contributed by atoms with Crippen molar-refractivity contribution in [3.63, 3.8) is 0 Å². The minimum Gasteiger partial charge on any atom is -0.383 e. The molecular weight excluding hydrogens is 391 g/mol. The second kappa shape index (κ2) is 6.54. The first-order valence-electron chi connectivity index (χ1n) is 7.82. The van der Waals surface area contributed by atoms with E-state index in [0.29, 0.717) is 32.8 Å². The standard InChI is InChI=1S/C18H14Cl2N4OS/c1-9-15(16-18(25)22-13-4-2-3-5-14(13)26-16)17(21)24(23-9)10-6-7-11(19)12(20)8-10/h2-8,16H,21H2,1H3,(H,22,25)/t16-/m1/s1. The van der Waals surface area contributed by atoms with Crippen molar-refractivity contribution in [2.24, 2.45) is 0 Å². The fraction of sp³-hybridized carbons (Fsp3) is 0.111. The number of benzene rings is 2. The van der Waals surface area contributed by atoms with E-state index in [2.05, 4.69) is 10.4 Å². The van der Waals surface area contributed by atoms with Crippen molar-refractivity contribution < 1.29 is 4.79 Å². The summed E-state index contributed by atoms with van der Waals surface area (Å²) in [6.07, 6.45) is 0. The average molecular weight is 405 g/mol. The molecule has 1 aliphatic heterocycles. The Bertz CT molecular complexity index is 1030. The Balaban J connectivity index is 1.78. The zero-order valence-corrected chi connectivity index (χ0v) is 16.0. The van der Waals surface area contributed by atoms with Crippen molar-refractivity contribution in [1.29, 1.82) is 0 Å². The number of halogens is 2. The van der Waals surface area contributed by atoms with E-state index in [0.717, 1.165) is 10.6 Å². The number of nitrogens with zero attached hydrogens (tertiary/aromatic N) is 2. The summed E-state index contributed by atoms with van der Waals surface area (Å²) in [6.45, 7) is 1.84. The maximum atomic E-state index is 12.6. The number of thioether (sulfide) groups is 1. The number of fused-ring (bicyclic) bond motifs is 1. The molecule has 1 atom stereocenters. The minimum atomic E-state index is -0.471. The van der Waals surface area contributed by atoms with E-state index in [1.807, 2.05) is 31.2 Å². The number of carbonyl (C=O) groups excluding carboxylic acids is 1. The molecule has 1 amide bonds. The Morgan fingerprint density at radius 1 is 1.19 bits per heavy atom. The summed E-state index contributed by atoms with van der Waals surface area (Å²) in [4.78, 5) is 13.6. The Morgan fingerprint density at radius 3 is 2.73 bits per heavy atom. The van der Waals surface area contributed by atoms with Gasteiger partial charge in [0.2, 0.25) is 5.91 Å². The summed E-state index contributed by atoms with van der Waals surface area (Å²) in [7, 11) is 0. The average Bonchev–Trinajstić information content (AvgIpc) is 2.91. The normalized spacial score (nSPS) is 16.3. The van der Waals surface area contributed by atoms with Gasteiger partial charge in [-0.1, -0.05) is 35.3 Å². The highest BCUT2D eigenvalue weighted by atomic mass is 35.5. The molecule has 5 nitrogen and oxygen atoms in total. The largest absolute Gasteiger partial charge is 0.383 e. The van der Waals surface area contributed by atoms with Crippen LogP contribution in [0.5, 0.6) is 0 Å². The van der Waals surface area contributed by atoms with Crippen LogP contribution in [0.1, 0.15) is 16.5 Å². The van der Waals surface area contributed by atoms with Crippen LogP contribution in [-0.4, -0.2) is 15.7 Å². The minimum absolute atomic E-state index is 0.114. The first kappa shape index (κ1) is 17.3. The predicted molar refractivity (Wildman–Crippen MR) is 106 cm³/mol. The summed E-state index contributed by atoms with van der Waals surface area (Å²) in [6, 6.07) is 12.8. The number of hydrogen-bond acceptors (Lipinski definition) is 4. The third kappa shape index (κ3) is 2.84. The zero-order valence-electron chi connectivity index (χ0n) is 13.7. The highest BCUT2D eigenvalue weighted by Gasteiger charge is 2.33. The van der Waals surface area contributed by atoms with E-state index in [4.69, 9.17) is 28.9 Å². The number of hydrogen-bond donors (Lipinski definition) is 2. The van der Waals surface area contributed by atoms with Gasteiger partial charge < -0.3 is 11.1 Å². The number of amides is 1. The van der Waals surface area contributed by atoms with Gasteiger partial charge in [-0.25, -0.2) is 4.68 Å². The number of rotatable bonds is 2. The van der Waals surface area contributed by atoms with Crippen LogP contribution in [0.2, 0.25) is 10.0 Å². The van der Waals surface area contributed by atoms with Crippen LogP contribution in [0.25, 0.3) is 5.69 Å². The van der Waals surface area contributed by atoms with Crippen molar-refractivity contribution in [3.8, 4) is 5.69 Å². The van der Waals surface area contributed by atoms with Crippen molar-refractivity contribution in [1.82, 2.24) is 9.78 Å². The maximum Gasteiger partial charge on any atom is 0.242 e. The number of carbonyl (C=O) groups is 1. The van der Waals surface area contributed by atoms with Gasteiger partial charge in [-0.05, 0) is 37.3 Å². The molecule has 0 saturated heterocycles. The molecule has 0 fully saturated rings. The summed E-state index contributed by atoms with van der Waals surface area (Å²) in [5.41, 5.74) is 9.27. The topological polar surface area (TPSA) is 72.9 Å². The van der Waals surface area contributed by atoms with E-state index in [1.165, 1.54) is 11.8 Å². The second-order valence-corrected chi connectivity index (χ2v) is 7.84. The number of nitrogen functional groups attached to an aromatic ring is 1. The molecule has 132 valence electrons. The summed E-state index contributed by atoms with van der Waals surface area (Å²) in [5, 5.41) is 7.85. The van der Waals surface area contributed by atoms with E-state index in [-0.39, 0.29) is 5.91 Å². The highest BCUT2D eigenvalue weighted by Crippen LogP contribution is 2.46. The van der Waals surface area contributed by atoms with Gasteiger partial charge in [0.15, 0.2) is 0 Å². The first-order chi connectivity index (χ1) is 12.5. The fourth-order valence-electron chi connectivity index (χ4n) is 2.94. The van der Waals surface area contributed by atoms with Gasteiger partial charge in [0, 0.05) is 10.5 Å². The van der Waals surface area contributed by atoms with E-state index >= 15 is 0 Å². The number of nitrogens with two attached hydrogens (primary N) is 1. The number of aryl methyl sites for hydroxylation is 1. The van der Waals surface area contributed by atoms with Gasteiger partial charge in [0.05, 0.1) is 27.1 Å². The van der Waals surface area contributed by atoms with Crippen molar-refractivity contribution >= 4 is 52.4 Å². The molecule has 2 aromatic carbocycles. The molecule has 0 saturated carbocycles. The molecule has 0 spiro atoms. The molecule has 2 heterocycles. The summed E-state index contributed by atoms with van der Waals surface area (Å²) < 4.78 is 1.58. The number of para-hydroxylation sites is 1. The molecule has 26 heavy (non-hydrogen) atoms. The van der Waals surface area contributed by atoms with Gasteiger partial charge >= 0.3 is 0 Å². The molecule has 0 unspecified atom stereocenters. The van der Waals surface area contributed by atoms with Crippen LogP contribution in [0, 0.1) is 6.92 Å². The lowest BCUT2D eigenvalue weighted by Gasteiger charge is -2.24. The van der Waals surface area contributed by atoms with E-state index in [9.17, 15) is 4.79 Å². The molecule has 0 radical (unpaired) electrons. The van der Waals surface area contributed by atoms with Gasteiger partial charge in [-0.2, -0.15) is 5.10 Å². The van der Waals surface area contributed by atoms with Crippen LogP contribution < -0.4 is 11.1 Å². The fourth-order valence-corrected chi connectivity index (χ4v) is 4.46. The lowest BCUT2D eigenvalue weighted by molar-refractivity contribution is -0.115. The highest BCUT2D eigenvalue weighted by molar-refractivity contribution is 8.00. The molecule has 0 aliphatic carbocycles. The molecular formula is C18H14Cl2N4OS. The molecule has 1 aromatic heterocycles. The third-order valence-electron chi connectivity index (χ3n) is 4.18. The van der Waals surface area contributed by atoms with Gasteiger partial charge in [0.25, 0.3) is 0 Å². The molecule has 3 aromatic rings. The van der Waals surface area contributed by atoms with Crippen molar-refractivity contribution in [2.75, 3.05) is 11.1 Å². The zero-order chi connectivity index (χ0) is 18.4. The molecule has 0 bridgehead atoms. The Morgan fingerprint density at radius 2 is 1.96 bits per heavy atom. The van der Waals surface area contributed by atoms with Gasteiger partial charge in [-0.15, -0.1) is 11.8 Å². The van der Waals surface area contributed by atoms with Gasteiger partial charge in [-0.3, -0.25) is 4.79 Å². The molecule has 4 rings (SSSR count). The maximum absolute atomic E-state index is 12.6. The van der Waals surface area contributed by atoms with Crippen molar-refractivity contribution in [3.05, 3.63) is 63.8 Å². The lowest BCUT2D eigenvalue weighted by atomic mass is 10.1. The quantitative estimate of drug-likeness (QED) is 0.639. The molecule has 1 aliphatic rings. The lowest BCUT2D eigenvalue weighted by Crippen LogP contribution is -2.24. The Labute approximate surface area is 164 Å². The predicted octanol–water partition coefficient (Wildman–Crippen LogP) is 4.86. The second-order valence-electron chi connectivity index (χ2n) is 5.88. The molecule has 8 heteroatoms. The van der Waals surface area contributed by atoms with E-state index in [1.54, 1.807) is 22.9 Å². The Hall–Kier alpha value is -2.15. The van der Waals surface area contributed by atoms with Gasteiger partial charge in [0.1, 0.15) is 11.1 Å².